The average molecular weight is 371 g/mol. The number of rotatable bonds is 5. The van der Waals surface area contributed by atoms with Gasteiger partial charge in [0.25, 0.3) is 5.89 Å². The number of urea groups is 1. The number of aromatic nitrogens is 2. The first-order valence-electron chi connectivity index (χ1n) is 8.32. The lowest BCUT2D eigenvalue weighted by Gasteiger charge is -2.12. The van der Waals surface area contributed by atoms with Gasteiger partial charge in [-0.1, -0.05) is 41.9 Å². The fourth-order valence-electron chi connectivity index (χ4n) is 2.31. The third-order valence-corrected chi connectivity index (χ3v) is 4.10. The van der Waals surface area contributed by atoms with Crippen molar-refractivity contribution in [3.05, 3.63) is 53.6 Å². The molecule has 0 unspecified atom stereocenters. The average Bonchev–Trinajstić information content (AvgIpc) is 3.12. The highest BCUT2D eigenvalue weighted by atomic mass is 35.5. The van der Waals surface area contributed by atoms with Gasteiger partial charge in [0.2, 0.25) is 5.82 Å². The number of anilines is 1. The minimum absolute atomic E-state index is 0.107. The first kappa shape index (κ1) is 17.9. The van der Waals surface area contributed by atoms with Crippen molar-refractivity contribution in [2.45, 2.75) is 26.3 Å². The zero-order valence-corrected chi connectivity index (χ0v) is 15.2. The molecule has 0 bridgehead atoms. The predicted molar refractivity (Wildman–Crippen MR) is 102 cm³/mol. The number of hydrogen-bond donors (Lipinski definition) is 2. The Bertz CT molecular complexity index is 910. The molecule has 2 aromatic carbocycles. The second-order valence-corrected chi connectivity index (χ2v) is 6.36. The normalized spacial score (nSPS) is 11.8. The molecule has 26 heavy (non-hydrogen) atoms. The van der Waals surface area contributed by atoms with E-state index in [9.17, 15) is 4.79 Å². The highest BCUT2D eigenvalue weighted by Crippen LogP contribution is 2.25. The van der Waals surface area contributed by atoms with Crippen LogP contribution >= 0.6 is 11.6 Å². The van der Waals surface area contributed by atoms with Crippen molar-refractivity contribution >= 4 is 23.3 Å². The number of carbonyl (C=O) groups is 1. The number of benzene rings is 2. The molecule has 0 saturated carbocycles. The summed E-state index contributed by atoms with van der Waals surface area (Å²) in [6.07, 6.45) is 0.864. The van der Waals surface area contributed by atoms with Gasteiger partial charge in [0.1, 0.15) is 0 Å². The van der Waals surface area contributed by atoms with E-state index in [0.717, 1.165) is 17.5 Å². The zero-order chi connectivity index (χ0) is 18.5. The van der Waals surface area contributed by atoms with Gasteiger partial charge in [-0.2, -0.15) is 4.98 Å². The van der Waals surface area contributed by atoms with Gasteiger partial charge in [-0.05, 0) is 43.7 Å². The molecule has 6 nitrogen and oxygen atoms in total. The second kappa shape index (κ2) is 8.01. The van der Waals surface area contributed by atoms with Crippen LogP contribution in [0.2, 0.25) is 5.02 Å². The zero-order valence-electron chi connectivity index (χ0n) is 14.5. The Morgan fingerprint density at radius 3 is 2.73 bits per heavy atom. The quantitative estimate of drug-likeness (QED) is 0.664. The van der Waals surface area contributed by atoms with Gasteiger partial charge in [0, 0.05) is 27.9 Å². The Morgan fingerprint density at radius 2 is 1.96 bits per heavy atom. The van der Waals surface area contributed by atoms with Crippen LogP contribution in [-0.4, -0.2) is 22.2 Å². The van der Waals surface area contributed by atoms with Crippen LogP contribution in [0.25, 0.3) is 22.8 Å². The summed E-state index contributed by atoms with van der Waals surface area (Å²) in [5.74, 6) is 0.821. The molecule has 0 spiro atoms. The third-order valence-electron chi connectivity index (χ3n) is 3.87. The SMILES string of the molecule is CC[C@@H](C)NC(=O)Nc1cccc(-c2noc(-c3cccc(Cl)c3)n2)c1. The van der Waals surface area contributed by atoms with Crippen molar-refractivity contribution in [1.29, 1.82) is 0 Å². The van der Waals surface area contributed by atoms with E-state index in [1.807, 2.05) is 38.1 Å². The Balaban J connectivity index is 1.77. The molecule has 2 amide bonds. The second-order valence-electron chi connectivity index (χ2n) is 5.92. The maximum absolute atomic E-state index is 12.0. The number of nitrogens with one attached hydrogen (secondary N) is 2. The predicted octanol–water partition coefficient (Wildman–Crippen LogP) is 4.98. The summed E-state index contributed by atoms with van der Waals surface area (Å²) in [6.45, 7) is 3.96. The minimum atomic E-state index is -0.246. The molecule has 3 rings (SSSR count). The van der Waals surface area contributed by atoms with Gasteiger partial charge >= 0.3 is 6.03 Å². The molecule has 0 aliphatic carbocycles. The molecule has 134 valence electrons. The summed E-state index contributed by atoms with van der Waals surface area (Å²) >= 11 is 6.00. The van der Waals surface area contributed by atoms with Crippen molar-refractivity contribution in [2.75, 3.05) is 5.32 Å². The molecule has 7 heteroatoms. The van der Waals surface area contributed by atoms with Crippen LogP contribution in [0.1, 0.15) is 20.3 Å². The molecule has 1 atom stereocenters. The van der Waals surface area contributed by atoms with E-state index < -0.39 is 0 Å². The number of nitrogens with zero attached hydrogens (tertiary/aromatic N) is 2. The van der Waals surface area contributed by atoms with Crippen molar-refractivity contribution < 1.29 is 9.32 Å². The molecule has 3 aromatic rings. The van der Waals surface area contributed by atoms with Crippen LogP contribution in [0.5, 0.6) is 0 Å². The van der Waals surface area contributed by atoms with Gasteiger partial charge in [-0.15, -0.1) is 0 Å². The smallest absolute Gasteiger partial charge is 0.319 e. The van der Waals surface area contributed by atoms with Gasteiger partial charge in [0.15, 0.2) is 0 Å². The van der Waals surface area contributed by atoms with Crippen LogP contribution in [0, 0.1) is 0 Å². The van der Waals surface area contributed by atoms with Crippen molar-refractivity contribution in [2.24, 2.45) is 0 Å². The molecule has 0 saturated heterocycles. The van der Waals surface area contributed by atoms with Crippen LogP contribution in [0.4, 0.5) is 10.5 Å². The lowest BCUT2D eigenvalue weighted by molar-refractivity contribution is 0.249. The lowest BCUT2D eigenvalue weighted by Crippen LogP contribution is -2.35. The fourth-order valence-corrected chi connectivity index (χ4v) is 2.50. The van der Waals surface area contributed by atoms with Gasteiger partial charge in [-0.3, -0.25) is 0 Å². The van der Waals surface area contributed by atoms with Crippen LogP contribution < -0.4 is 10.6 Å². The van der Waals surface area contributed by atoms with Gasteiger partial charge in [0.05, 0.1) is 0 Å². The lowest BCUT2D eigenvalue weighted by atomic mass is 10.2. The first-order chi connectivity index (χ1) is 12.5. The number of hydrogen-bond acceptors (Lipinski definition) is 4. The Hall–Kier alpha value is -2.86. The summed E-state index contributed by atoms with van der Waals surface area (Å²) in [4.78, 5) is 16.4. The van der Waals surface area contributed by atoms with E-state index >= 15 is 0 Å². The summed E-state index contributed by atoms with van der Waals surface area (Å²) in [5, 5.41) is 10.3. The largest absolute Gasteiger partial charge is 0.335 e. The Labute approximate surface area is 156 Å². The summed E-state index contributed by atoms with van der Waals surface area (Å²) < 4.78 is 5.33. The number of amides is 2. The molecule has 0 fully saturated rings. The number of halogens is 1. The first-order valence-corrected chi connectivity index (χ1v) is 8.70. The van der Waals surface area contributed by atoms with Crippen LogP contribution in [-0.2, 0) is 0 Å². The Morgan fingerprint density at radius 1 is 1.19 bits per heavy atom. The number of carbonyl (C=O) groups excluding carboxylic acids is 1. The minimum Gasteiger partial charge on any atom is -0.335 e. The van der Waals surface area contributed by atoms with Gasteiger partial charge in [-0.25, -0.2) is 4.79 Å². The van der Waals surface area contributed by atoms with E-state index in [0.29, 0.717) is 22.4 Å². The molecule has 1 aromatic heterocycles. The molecule has 0 radical (unpaired) electrons. The van der Waals surface area contributed by atoms with E-state index in [1.165, 1.54) is 0 Å². The van der Waals surface area contributed by atoms with E-state index in [4.69, 9.17) is 16.1 Å². The van der Waals surface area contributed by atoms with Crippen LogP contribution in [0.15, 0.2) is 53.1 Å². The summed E-state index contributed by atoms with van der Waals surface area (Å²) in [5.41, 5.74) is 2.14. The molecular formula is C19H19ClN4O2. The van der Waals surface area contributed by atoms with Crippen molar-refractivity contribution in [3.8, 4) is 22.8 Å². The van der Waals surface area contributed by atoms with Crippen molar-refractivity contribution in [3.63, 3.8) is 0 Å². The summed E-state index contributed by atoms with van der Waals surface area (Å²) in [7, 11) is 0. The maximum Gasteiger partial charge on any atom is 0.319 e. The van der Waals surface area contributed by atoms with Gasteiger partial charge < -0.3 is 15.2 Å². The van der Waals surface area contributed by atoms with Crippen molar-refractivity contribution in [1.82, 2.24) is 15.5 Å². The maximum atomic E-state index is 12.0. The standard InChI is InChI=1S/C19H19ClN4O2/c1-3-12(2)21-19(25)22-16-9-5-6-13(11-16)17-23-18(26-24-17)14-7-4-8-15(20)10-14/h4-12H,3H2,1-2H3,(H2,21,22,25)/t12-/m1/s1. The Kier molecular flexibility index (Phi) is 5.53. The fraction of sp³-hybridized carbons (Fsp3) is 0.211. The highest BCUT2D eigenvalue weighted by Gasteiger charge is 2.12. The molecule has 1 heterocycles. The highest BCUT2D eigenvalue weighted by molar-refractivity contribution is 6.30. The molecular weight excluding hydrogens is 352 g/mol. The van der Waals surface area contributed by atoms with Crippen LogP contribution in [0.3, 0.4) is 0 Å². The molecule has 2 N–H and O–H groups in total. The third kappa shape index (κ3) is 4.40. The molecule has 0 aliphatic rings. The molecule has 0 aliphatic heterocycles. The van der Waals surface area contributed by atoms with E-state index in [2.05, 4.69) is 20.8 Å². The monoisotopic (exact) mass is 370 g/mol. The van der Waals surface area contributed by atoms with E-state index in [-0.39, 0.29) is 12.1 Å². The van der Waals surface area contributed by atoms with E-state index in [1.54, 1.807) is 24.3 Å². The summed E-state index contributed by atoms with van der Waals surface area (Å²) in [6, 6.07) is 14.3. The topological polar surface area (TPSA) is 80.0 Å².